The van der Waals surface area contributed by atoms with Crippen molar-refractivity contribution in [2.45, 2.75) is 78.6 Å². The number of methoxy groups -OCH3 is 1. The molecule has 1 fully saturated rings. The van der Waals surface area contributed by atoms with Crippen molar-refractivity contribution >= 4 is 5.96 Å². The molecule has 1 saturated heterocycles. The van der Waals surface area contributed by atoms with Crippen LogP contribution < -0.4 is 10.6 Å². The van der Waals surface area contributed by atoms with Gasteiger partial charge in [0.2, 0.25) is 0 Å². The molecule has 30 heavy (non-hydrogen) atoms. The van der Waals surface area contributed by atoms with Gasteiger partial charge in [0.25, 0.3) is 0 Å². The standard InChI is InChI=1S/C22H41N7O/c1-7-23-21(24-15-22(4,5)28-11-16(2)10-17(3)12-28)25-18-8-9-20-26-19(14-30-6)27-29(20)13-18/h16-18H,7-15H2,1-6H3,(H2,23,24,25). The van der Waals surface area contributed by atoms with E-state index in [4.69, 9.17) is 9.73 Å². The third kappa shape index (κ3) is 5.94. The van der Waals surface area contributed by atoms with Crippen molar-refractivity contribution in [2.75, 3.05) is 33.3 Å². The summed E-state index contributed by atoms with van der Waals surface area (Å²) in [5, 5.41) is 11.6. The number of nitrogens with zero attached hydrogens (tertiary/aromatic N) is 5. The molecule has 0 amide bonds. The Morgan fingerprint density at radius 1 is 1.23 bits per heavy atom. The van der Waals surface area contributed by atoms with Gasteiger partial charge in [-0.1, -0.05) is 13.8 Å². The molecule has 3 heterocycles. The van der Waals surface area contributed by atoms with E-state index in [0.29, 0.717) is 12.6 Å². The number of nitrogens with one attached hydrogen (secondary N) is 2. The first-order valence-corrected chi connectivity index (χ1v) is 11.5. The van der Waals surface area contributed by atoms with Crippen molar-refractivity contribution in [1.82, 2.24) is 30.3 Å². The number of aryl methyl sites for hydroxylation is 1. The smallest absolute Gasteiger partial charge is 0.191 e. The average molecular weight is 420 g/mol. The zero-order valence-corrected chi connectivity index (χ0v) is 19.7. The number of rotatable bonds is 7. The van der Waals surface area contributed by atoms with Gasteiger partial charge in [-0.3, -0.25) is 9.89 Å². The average Bonchev–Trinajstić information content (AvgIpc) is 3.07. The van der Waals surface area contributed by atoms with Crippen LogP contribution in [0.2, 0.25) is 0 Å². The Balaban J connectivity index is 1.61. The zero-order valence-electron chi connectivity index (χ0n) is 19.7. The molecule has 0 aliphatic carbocycles. The topological polar surface area (TPSA) is 79.6 Å². The normalized spacial score (nSPS) is 25.8. The molecule has 0 spiro atoms. The molecule has 0 saturated carbocycles. The fourth-order valence-corrected chi connectivity index (χ4v) is 4.71. The Morgan fingerprint density at radius 2 is 1.97 bits per heavy atom. The van der Waals surface area contributed by atoms with Crippen molar-refractivity contribution in [3.05, 3.63) is 11.6 Å². The predicted molar refractivity (Wildman–Crippen MR) is 121 cm³/mol. The van der Waals surface area contributed by atoms with Crippen LogP contribution in [0.5, 0.6) is 0 Å². The maximum Gasteiger partial charge on any atom is 0.191 e. The lowest BCUT2D eigenvalue weighted by atomic mass is 9.88. The van der Waals surface area contributed by atoms with E-state index in [1.165, 1.54) is 19.5 Å². The maximum atomic E-state index is 5.17. The van der Waals surface area contributed by atoms with Crippen LogP contribution in [0.3, 0.4) is 0 Å². The number of likely N-dealkylation sites (tertiary alicyclic amines) is 1. The van der Waals surface area contributed by atoms with Gasteiger partial charge in [0.1, 0.15) is 12.4 Å². The van der Waals surface area contributed by atoms with Gasteiger partial charge in [0.05, 0.1) is 13.1 Å². The lowest BCUT2D eigenvalue weighted by molar-refractivity contribution is 0.0512. The fourth-order valence-electron chi connectivity index (χ4n) is 4.71. The highest BCUT2D eigenvalue weighted by atomic mass is 16.5. The number of guanidine groups is 1. The highest BCUT2D eigenvalue weighted by Gasteiger charge is 2.32. The van der Waals surface area contributed by atoms with Crippen LogP contribution >= 0.6 is 0 Å². The van der Waals surface area contributed by atoms with E-state index < -0.39 is 0 Å². The Kier molecular flexibility index (Phi) is 7.74. The molecule has 2 aliphatic heterocycles. The van der Waals surface area contributed by atoms with Crippen LogP contribution in [0.1, 0.15) is 59.1 Å². The molecular weight excluding hydrogens is 378 g/mol. The lowest BCUT2D eigenvalue weighted by Gasteiger charge is -2.44. The minimum absolute atomic E-state index is 0.0476. The summed E-state index contributed by atoms with van der Waals surface area (Å²) in [6.07, 6.45) is 3.28. The third-order valence-electron chi connectivity index (χ3n) is 6.21. The van der Waals surface area contributed by atoms with E-state index in [-0.39, 0.29) is 5.54 Å². The molecule has 2 aliphatic rings. The van der Waals surface area contributed by atoms with E-state index in [9.17, 15) is 0 Å². The zero-order chi connectivity index (χ0) is 21.7. The van der Waals surface area contributed by atoms with Crippen LogP contribution in [0.4, 0.5) is 0 Å². The van der Waals surface area contributed by atoms with Gasteiger partial charge in [-0.05, 0) is 45.4 Å². The van der Waals surface area contributed by atoms with Gasteiger partial charge < -0.3 is 15.4 Å². The summed E-state index contributed by atoms with van der Waals surface area (Å²) < 4.78 is 7.18. The largest absolute Gasteiger partial charge is 0.377 e. The lowest BCUT2D eigenvalue weighted by Crippen LogP contribution is -2.53. The molecule has 8 nitrogen and oxygen atoms in total. The number of piperidine rings is 1. The van der Waals surface area contributed by atoms with Gasteiger partial charge in [0.15, 0.2) is 11.8 Å². The first-order valence-electron chi connectivity index (χ1n) is 11.5. The van der Waals surface area contributed by atoms with Crippen LogP contribution in [0.25, 0.3) is 0 Å². The number of hydrogen-bond acceptors (Lipinski definition) is 5. The monoisotopic (exact) mass is 419 g/mol. The highest BCUT2D eigenvalue weighted by molar-refractivity contribution is 5.80. The second-order valence-corrected chi connectivity index (χ2v) is 9.80. The molecular formula is C22H41N7O. The number of aromatic nitrogens is 3. The van der Waals surface area contributed by atoms with Crippen molar-refractivity contribution in [3.63, 3.8) is 0 Å². The molecule has 1 aromatic rings. The second kappa shape index (κ2) is 10.1. The molecule has 1 aromatic heterocycles. The van der Waals surface area contributed by atoms with Gasteiger partial charge >= 0.3 is 0 Å². The van der Waals surface area contributed by atoms with E-state index in [1.54, 1.807) is 7.11 Å². The Hall–Kier alpha value is -1.67. The summed E-state index contributed by atoms with van der Waals surface area (Å²) in [6.45, 7) is 16.7. The van der Waals surface area contributed by atoms with E-state index >= 15 is 0 Å². The maximum absolute atomic E-state index is 5.17. The summed E-state index contributed by atoms with van der Waals surface area (Å²) in [4.78, 5) is 12.2. The van der Waals surface area contributed by atoms with Crippen LogP contribution in [0.15, 0.2) is 4.99 Å². The summed E-state index contributed by atoms with van der Waals surface area (Å²) in [7, 11) is 1.68. The van der Waals surface area contributed by atoms with Crippen molar-refractivity contribution in [1.29, 1.82) is 0 Å². The molecule has 8 heteroatoms. The first-order chi connectivity index (χ1) is 14.3. The van der Waals surface area contributed by atoms with Crippen LogP contribution in [-0.2, 0) is 24.3 Å². The minimum atomic E-state index is 0.0476. The second-order valence-electron chi connectivity index (χ2n) is 9.80. The molecule has 0 bridgehead atoms. The summed E-state index contributed by atoms with van der Waals surface area (Å²) in [5.74, 6) is 4.22. The molecule has 0 radical (unpaired) electrons. The number of ether oxygens (including phenoxy) is 1. The Bertz CT molecular complexity index is 704. The number of hydrogen-bond donors (Lipinski definition) is 2. The van der Waals surface area contributed by atoms with E-state index in [0.717, 1.165) is 61.9 Å². The summed E-state index contributed by atoms with van der Waals surface area (Å²) in [5.41, 5.74) is 0.0476. The van der Waals surface area contributed by atoms with Crippen LogP contribution in [0, 0.1) is 11.8 Å². The third-order valence-corrected chi connectivity index (χ3v) is 6.21. The van der Waals surface area contributed by atoms with E-state index in [2.05, 4.69) is 60.2 Å². The molecule has 3 atom stereocenters. The quantitative estimate of drug-likeness (QED) is 0.520. The molecule has 170 valence electrons. The number of aliphatic imine (C=N–C) groups is 1. The van der Waals surface area contributed by atoms with Gasteiger partial charge in [-0.2, -0.15) is 5.10 Å². The first kappa shape index (κ1) is 23.0. The molecule has 3 rings (SSSR count). The highest BCUT2D eigenvalue weighted by Crippen LogP contribution is 2.27. The summed E-state index contributed by atoms with van der Waals surface area (Å²) >= 11 is 0. The summed E-state index contributed by atoms with van der Waals surface area (Å²) in [6, 6.07) is 0.297. The molecule has 0 aromatic carbocycles. The molecule has 2 N–H and O–H groups in total. The fraction of sp³-hybridized carbons (Fsp3) is 0.864. The Morgan fingerprint density at radius 3 is 2.63 bits per heavy atom. The van der Waals surface area contributed by atoms with Gasteiger partial charge in [-0.15, -0.1) is 0 Å². The van der Waals surface area contributed by atoms with E-state index in [1.807, 2.05) is 4.68 Å². The predicted octanol–water partition coefficient (Wildman–Crippen LogP) is 2.05. The van der Waals surface area contributed by atoms with Crippen molar-refractivity contribution < 1.29 is 4.74 Å². The SMILES string of the molecule is CCNC(=NCC(C)(C)N1CC(C)CC(C)C1)NC1CCc2nc(COC)nn2C1. The molecule has 3 unspecified atom stereocenters. The minimum Gasteiger partial charge on any atom is -0.377 e. The van der Waals surface area contributed by atoms with Crippen molar-refractivity contribution in [2.24, 2.45) is 16.8 Å². The van der Waals surface area contributed by atoms with Crippen LogP contribution in [-0.4, -0.2) is 70.5 Å². The van der Waals surface area contributed by atoms with Gasteiger partial charge in [0, 0.05) is 44.7 Å². The number of fused-ring (bicyclic) bond motifs is 1. The Labute approximate surface area is 181 Å². The van der Waals surface area contributed by atoms with Crippen molar-refractivity contribution in [3.8, 4) is 0 Å². The van der Waals surface area contributed by atoms with Gasteiger partial charge in [-0.25, -0.2) is 9.67 Å².